The molecule has 0 unspecified atom stereocenters. The van der Waals surface area contributed by atoms with Gasteiger partial charge in [0.1, 0.15) is 0 Å². The first-order valence-electron chi connectivity index (χ1n) is 8.03. The fraction of sp³-hybridized carbons (Fsp3) is 0.529. The molecule has 0 bridgehead atoms. The van der Waals surface area contributed by atoms with E-state index in [0.717, 1.165) is 17.7 Å². The van der Waals surface area contributed by atoms with Gasteiger partial charge in [-0.05, 0) is 25.5 Å². The Balaban J connectivity index is 1.64. The lowest BCUT2D eigenvalue weighted by Crippen LogP contribution is -2.42. The minimum Gasteiger partial charge on any atom is -0.383 e. The number of urea groups is 1. The minimum atomic E-state index is -0.122. The fourth-order valence-electron chi connectivity index (χ4n) is 3.49. The third kappa shape index (κ3) is 3.17. The Kier molecular flexibility index (Phi) is 4.52. The Labute approximate surface area is 136 Å². The summed E-state index contributed by atoms with van der Waals surface area (Å²) in [6, 6.07) is 7.70. The predicted octanol–water partition coefficient (Wildman–Crippen LogP) is 1.85. The molecular formula is C17H23N3O3. The maximum atomic E-state index is 12.5. The first-order chi connectivity index (χ1) is 11.1. The Hall–Kier alpha value is -2.08. The summed E-state index contributed by atoms with van der Waals surface area (Å²) in [7, 11) is 1.63. The number of hydrogen-bond acceptors (Lipinski definition) is 3. The average molecular weight is 317 g/mol. The first-order valence-corrected chi connectivity index (χ1v) is 8.03. The summed E-state index contributed by atoms with van der Waals surface area (Å²) in [5.41, 5.74) is 1.93. The number of anilines is 1. The van der Waals surface area contributed by atoms with Gasteiger partial charge in [0.25, 0.3) is 0 Å². The summed E-state index contributed by atoms with van der Waals surface area (Å²) in [4.78, 5) is 28.4. The summed E-state index contributed by atoms with van der Waals surface area (Å²) >= 11 is 0. The number of carbonyl (C=O) groups excluding carboxylic acids is 2. The van der Waals surface area contributed by atoms with Crippen molar-refractivity contribution in [2.75, 3.05) is 32.1 Å². The zero-order valence-electron chi connectivity index (χ0n) is 13.6. The van der Waals surface area contributed by atoms with E-state index in [9.17, 15) is 9.59 Å². The van der Waals surface area contributed by atoms with Gasteiger partial charge in [-0.1, -0.05) is 17.7 Å². The highest BCUT2D eigenvalue weighted by Crippen LogP contribution is 2.32. The van der Waals surface area contributed by atoms with Gasteiger partial charge in [0, 0.05) is 32.3 Å². The molecule has 2 heterocycles. The van der Waals surface area contributed by atoms with Gasteiger partial charge in [-0.25, -0.2) is 4.79 Å². The van der Waals surface area contributed by atoms with Crippen molar-refractivity contribution in [1.82, 2.24) is 9.80 Å². The number of carbonyl (C=O) groups is 2. The lowest BCUT2D eigenvalue weighted by molar-refractivity contribution is -0.129. The Morgan fingerprint density at radius 1 is 1.30 bits per heavy atom. The number of methoxy groups -OCH3 is 1. The van der Waals surface area contributed by atoms with Crippen LogP contribution in [-0.2, 0) is 9.53 Å². The third-order valence-electron chi connectivity index (χ3n) is 4.71. The molecule has 0 radical (unpaired) electrons. The molecule has 3 rings (SSSR count). The topological polar surface area (TPSA) is 61.9 Å². The van der Waals surface area contributed by atoms with Crippen LogP contribution in [0.25, 0.3) is 0 Å². The maximum Gasteiger partial charge on any atom is 0.322 e. The molecule has 3 amide bonds. The van der Waals surface area contributed by atoms with Gasteiger partial charge in [0.15, 0.2) is 0 Å². The molecule has 1 aromatic carbocycles. The van der Waals surface area contributed by atoms with Crippen LogP contribution < -0.4 is 5.32 Å². The maximum absolute atomic E-state index is 12.5. The standard InChI is InChI=1S/C17H23N3O3/c1-12-3-5-13(6-4-12)18-17(22)20-8-7-14-15(20)11-16(21)19(14)9-10-23-2/h3-6,14-15H,7-11H2,1-2H3,(H,18,22)/t14-,15+/m1/s1. The molecule has 2 atom stereocenters. The summed E-state index contributed by atoms with van der Waals surface area (Å²) < 4.78 is 5.08. The van der Waals surface area contributed by atoms with Crippen LogP contribution >= 0.6 is 0 Å². The lowest BCUT2D eigenvalue weighted by Gasteiger charge is -2.25. The van der Waals surface area contributed by atoms with Crippen molar-refractivity contribution in [2.45, 2.75) is 31.8 Å². The molecule has 2 aliphatic heterocycles. The largest absolute Gasteiger partial charge is 0.383 e. The van der Waals surface area contributed by atoms with Gasteiger partial charge in [-0.2, -0.15) is 0 Å². The van der Waals surface area contributed by atoms with Crippen LogP contribution in [0.1, 0.15) is 18.4 Å². The smallest absolute Gasteiger partial charge is 0.322 e. The molecule has 23 heavy (non-hydrogen) atoms. The van der Waals surface area contributed by atoms with Crippen molar-refractivity contribution >= 4 is 17.6 Å². The number of aryl methyl sites for hydroxylation is 1. The fourth-order valence-corrected chi connectivity index (χ4v) is 3.49. The molecule has 0 spiro atoms. The van der Waals surface area contributed by atoms with E-state index in [0.29, 0.717) is 26.1 Å². The highest BCUT2D eigenvalue weighted by Gasteiger charge is 2.48. The molecule has 0 saturated carbocycles. The molecule has 1 aromatic rings. The number of ether oxygens (including phenoxy) is 1. The monoisotopic (exact) mass is 317 g/mol. The molecule has 0 aliphatic carbocycles. The van der Waals surface area contributed by atoms with Crippen LogP contribution in [0.5, 0.6) is 0 Å². The third-order valence-corrected chi connectivity index (χ3v) is 4.71. The zero-order valence-corrected chi connectivity index (χ0v) is 13.6. The predicted molar refractivity (Wildman–Crippen MR) is 87.3 cm³/mol. The van der Waals surface area contributed by atoms with E-state index in [1.54, 1.807) is 12.0 Å². The van der Waals surface area contributed by atoms with E-state index in [4.69, 9.17) is 4.74 Å². The van der Waals surface area contributed by atoms with Crippen molar-refractivity contribution in [1.29, 1.82) is 0 Å². The highest BCUT2D eigenvalue weighted by atomic mass is 16.5. The van der Waals surface area contributed by atoms with Gasteiger partial charge in [-0.3, -0.25) is 4.79 Å². The van der Waals surface area contributed by atoms with E-state index < -0.39 is 0 Å². The summed E-state index contributed by atoms with van der Waals surface area (Å²) in [6.07, 6.45) is 1.25. The van der Waals surface area contributed by atoms with Gasteiger partial charge in [0.05, 0.1) is 18.7 Å². The number of likely N-dealkylation sites (tertiary alicyclic amines) is 2. The summed E-state index contributed by atoms with van der Waals surface area (Å²) in [6.45, 7) is 3.83. The summed E-state index contributed by atoms with van der Waals surface area (Å²) in [5, 5.41) is 2.93. The van der Waals surface area contributed by atoms with Crippen molar-refractivity contribution in [3.63, 3.8) is 0 Å². The number of fused-ring (bicyclic) bond motifs is 1. The van der Waals surface area contributed by atoms with Crippen LogP contribution in [0.3, 0.4) is 0 Å². The Morgan fingerprint density at radius 3 is 2.74 bits per heavy atom. The van der Waals surface area contributed by atoms with E-state index >= 15 is 0 Å². The number of benzene rings is 1. The Morgan fingerprint density at radius 2 is 2.04 bits per heavy atom. The number of amides is 3. The molecule has 124 valence electrons. The van der Waals surface area contributed by atoms with E-state index in [1.165, 1.54) is 0 Å². The molecule has 2 saturated heterocycles. The molecular weight excluding hydrogens is 294 g/mol. The number of hydrogen-bond donors (Lipinski definition) is 1. The quantitative estimate of drug-likeness (QED) is 0.922. The number of nitrogens with zero attached hydrogens (tertiary/aromatic N) is 2. The highest BCUT2D eigenvalue weighted by molar-refractivity contribution is 5.91. The zero-order chi connectivity index (χ0) is 16.4. The van der Waals surface area contributed by atoms with Crippen molar-refractivity contribution in [2.24, 2.45) is 0 Å². The molecule has 1 N–H and O–H groups in total. The summed E-state index contributed by atoms with van der Waals surface area (Å²) in [5.74, 6) is 0.116. The minimum absolute atomic E-state index is 0.0233. The second kappa shape index (κ2) is 6.58. The van der Waals surface area contributed by atoms with Crippen LogP contribution in [0.4, 0.5) is 10.5 Å². The second-order valence-electron chi connectivity index (χ2n) is 6.20. The van der Waals surface area contributed by atoms with Crippen molar-refractivity contribution < 1.29 is 14.3 Å². The van der Waals surface area contributed by atoms with Crippen LogP contribution in [0, 0.1) is 6.92 Å². The molecule has 2 aliphatic rings. The van der Waals surface area contributed by atoms with Crippen LogP contribution in [-0.4, -0.2) is 60.6 Å². The lowest BCUT2D eigenvalue weighted by atomic mass is 10.1. The SMILES string of the molecule is COCCN1C(=O)C[C@H]2[C@H]1CCN2C(=O)Nc1ccc(C)cc1. The van der Waals surface area contributed by atoms with Crippen LogP contribution in [0.15, 0.2) is 24.3 Å². The normalized spacial score (nSPS) is 23.3. The van der Waals surface area contributed by atoms with Crippen molar-refractivity contribution in [3.05, 3.63) is 29.8 Å². The molecule has 6 heteroatoms. The Bertz CT molecular complexity index is 587. The van der Waals surface area contributed by atoms with E-state index in [-0.39, 0.29) is 24.0 Å². The van der Waals surface area contributed by atoms with Gasteiger partial charge < -0.3 is 19.9 Å². The number of nitrogens with one attached hydrogen (secondary N) is 1. The average Bonchev–Trinajstić information content (AvgIpc) is 3.06. The van der Waals surface area contributed by atoms with E-state index in [1.807, 2.05) is 36.1 Å². The van der Waals surface area contributed by atoms with Crippen LogP contribution in [0.2, 0.25) is 0 Å². The van der Waals surface area contributed by atoms with Crippen molar-refractivity contribution in [3.8, 4) is 0 Å². The molecule has 2 fully saturated rings. The van der Waals surface area contributed by atoms with E-state index in [2.05, 4.69) is 5.32 Å². The van der Waals surface area contributed by atoms with Gasteiger partial charge in [-0.15, -0.1) is 0 Å². The number of rotatable bonds is 4. The van der Waals surface area contributed by atoms with Gasteiger partial charge >= 0.3 is 6.03 Å². The first kappa shape index (κ1) is 15.8. The van der Waals surface area contributed by atoms with Gasteiger partial charge in [0.2, 0.25) is 5.91 Å². The second-order valence-corrected chi connectivity index (χ2v) is 6.20. The molecule has 0 aromatic heterocycles. The molecule has 6 nitrogen and oxygen atoms in total.